The van der Waals surface area contributed by atoms with E-state index in [9.17, 15) is 4.79 Å². The second kappa shape index (κ2) is 3.94. The molecule has 0 atom stereocenters. The Bertz CT molecular complexity index is 415. The predicted octanol–water partition coefficient (Wildman–Crippen LogP) is 1.26. The van der Waals surface area contributed by atoms with Crippen LogP contribution in [-0.4, -0.2) is 39.2 Å². The highest BCUT2D eigenvalue weighted by Crippen LogP contribution is 2.25. The lowest BCUT2D eigenvalue weighted by molar-refractivity contribution is 0.00130. The maximum atomic E-state index is 11.7. The standard InChI is InChI=1S/C11H18N4O2/c1-11(2,3)17-10(16)14-6-8(7-14)15-5-4-13-9(15)12/h4-5,8H,6-7H2,1-3H3,(H2,12,13). The smallest absolute Gasteiger partial charge is 0.410 e. The maximum absolute atomic E-state index is 11.7. The van der Waals surface area contributed by atoms with Crippen molar-refractivity contribution in [3.05, 3.63) is 12.4 Å². The number of nitrogens with zero attached hydrogens (tertiary/aromatic N) is 3. The van der Waals surface area contributed by atoms with Crippen LogP contribution < -0.4 is 5.73 Å². The van der Waals surface area contributed by atoms with Crippen LogP contribution in [0.1, 0.15) is 26.8 Å². The van der Waals surface area contributed by atoms with Crippen molar-refractivity contribution in [2.45, 2.75) is 32.4 Å². The summed E-state index contributed by atoms with van der Waals surface area (Å²) in [5.74, 6) is 0.485. The van der Waals surface area contributed by atoms with Crippen LogP contribution in [0.3, 0.4) is 0 Å². The van der Waals surface area contributed by atoms with Crippen molar-refractivity contribution in [2.24, 2.45) is 0 Å². The molecule has 1 aliphatic rings. The van der Waals surface area contributed by atoms with Gasteiger partial charge in [-0.2, -0.15) is 0 Å². The average Bonchev–Trinajstić information content (AvgIpc) is 2.46. The normalized spacial score (nSPS) is 16.8. The van der Waals surface area contributed by atoms with Gasteiger partial charge in [0.15, 0.2) is 5.95 Å². The molecule has 0 radical (unpaired) electrons. The third-order valence-electron chi connectivity index (χ3n) is 2.61. The lowest BCUT2D eigenvalue weighted by Gasteiger charge is -2.40. The molecule has 2 heterocycles. The summed E-state index contributed by atoms with van der Waals surface area (Å²) < 4.78 is 7.14. The largest absolute Gasteiger partial charge is 0.444 e. The fourth-order valence-corrected chi connectivity index (χ4v) is 1.74. The quantitative estimate of drug-likeness (QED) is 0.799. The van der Waals surface area contributed by atoms with Gasteiger partial charge in [-0.1, -0.05) is 0 Å². The molecule has 1 amide bonds. The maximum Gasteiger partial charge on any atom is 0.410 e. The molecule has 0 spiro atoms. The fourth-order valence-electron chi connectivity index (χ4n) is 1.74. The van der Waals surface area contributed by atoms with Crippen LogP contribution in [0.25, 0.3) is 0 Å². The van der Waals surface area contributed by atoms with Crippen LogP contribution in [0.15, 0.2) is 12.4 Å². The van der Waals surface area contributed by atoms with Gasteiger partial charge < -0.3 is 19.9 Å². The van der Waals surface area contributed by atoms with Gasteiger partial charge in [-0.05, 0) is 20.8 Å². The van der Waals surface area contributed by atoms with Gasteiger partial charge in [0.25, 0.3) is 0 Å². The Morgan fingerprint density at radius 1 is 1.53 bits per heavy atom. The van der Waals surface area contributed by atoms with Crippen molar-refractivity contribution >= 4 is 12.0 Å². The molecule has 1 aromatic heterocycles. The number of ether oxygens (including phenoxy) is 1. The first-order chi connectivity index (χ1) is 7.87. The molecular weight excluding hydrogens is 220 g/mol. The molecule has 6 nitrogen and oxygen atoms in total. The van der Waals surface area contributed by atoms with Gasteiger partial charge in [0.2, 0.25) is 0 Å². The van der Waals surface area contributed by atoms with E-state index in [-0.39, 0.29) is 12.1 Å². The van der Waals surface area contributed by atoms with Crippen molar-refractivity contribution in [1.82, 2.24) is 14.5 Å². The number of nitrogen functional groups attached to an aromatic ring is 1. The number of hydrogen-bond donors (Lipinski definition) is 1. The van der Waals surface area contributed by atoms with E-state index >= 15 is 0 Å². The lowest BCUT2D eigenvalue weighted by Crippen LogP contribution is -2.52. The number of nitrogens with two attached hydrogens (primary N) is 1. The second-order valence-corrected chi connectivity index (χ2v) is 5.23. The summed E-state index contributed by atoms with van der Waals surface area (Å²) in [5, 5.41) is 0. The number of amides is 1. The third kappa shape index (κ3) is 2.51. The minimum Gasteiger partial charge on any atom is -0.444 e. The van der Waals surface area contributed by atoms with Gasteiger partial charge in [-0.15, -0.1) is 0 Å². The molecule has 0 saturated carbocycles. The van der Waals surface area contributed by atoms with Crippen LogP contribution in [0.5, 0.6) is 0 Å². The summed E-state index contributed by atoms with van der Waals surface area (Å²) in [4.78, 5) is 17.3. The number of carbonyl (C=O) groups excluding carboxylic acids is 1. The Morgan fingerprint density at radius 3 is 2.65 bits per heavy atom. The molecule has 1 saturated heterocycles. The molecule has 1 aliphatic heterocycles. The van der Waals surface area contributed by atoms with E-state index in [1.165, 1.54) is 0 Å². The molecule has 1 fully saturated rings. The van der Waals surface area contributed by atoms with Crippen LogP contribution in [0.2, 0.25) is 0 Å². The van der Waals surface area contributed by atoms with Gasteiger partial charge in [0, 0.05) is 25.5 Å². The van der Waals surface area contributed by atoms with E-state index in [2.05, 4.69) is 4.98 Å². The molecule has 0 aromatic carbocycles. The van der Waals surface area contributed by atoms with Crippen LogP contribution in [0, 0.1) is 0 Å². The number of likely N-dealkylation sites (tertiary alicyclic amines) is 1. The van der Waals surface area contributed by atoms with Crippen LogP contribution in [-0.2, 0) is 4.74 Å². The minimum atomic E-state index is -0.448. The number of aromatic nitrogens is 2. The first-order valence-corrected chi connectivity index (χ1v) is 5.63. The minimum absolute atomic E-state index is 0.213. The summed E-state index contributed by atoms with van der Waals surface area (Å²) >= 11 is 0. The highest BCUT2D eigenvalue weighted by molar-refractivity contribution is 5.69. The van der Waals surface area contributed by atoms with Crippen molar-refractivity contribution in [2.75, 3.05) is 18.8 Å². The predicted molar refractivity (Wildman–Crippen MR) is 63.5 cm³/mol. The fraction of sp³-hybridized carbons (Fsp3) is 0.636. The molecule has 6 heteroatoms. The third-order valence-corrected chi connectivity index (χ3v) is 2.61. The van der Waals surface area contributed by atoms with Gasteiger partial charge in [0.05, 0.1) is 6.04 Å². The molecule has 94 valence electrons. The molecule has 2 rings (SSSR count). The Labute approximate surface area is 100 Å². The van der Waals surface area contributed by atoms with Gasteiger partial charge in [-0.25, -0.2) is 9.78 Å². The molecule has 0 unspecified atom stereocenters. The molecule has 0 bridgehead atoms. The van der Waals surface area contributed by atoms with E-state index < -0.39 is 5.60 Å². The topological polar surface area (TPSA) is 73.4 Å². The van der Waals surface area contributed by atoms with Crippen molar-refractivity contribution in [3.8, 4) is 0 Å². The summed E-state index contributed by atoms with van der Waals surface area (Å²) in [6.45, 7) is 6.81. The van der Waals surface area contributed by atoms with Gasteiger partial charge >= 0.3 is 6.09 Å². The van der Waals surface area contributed by atoms with Crippen molar-refractivity contribution in [1.29, 1.82) is 0 Å². The second-order valence-electron chi connectivity index (χ2n) is 5.23. The number of carbonyl (C=O) groups is 1. The summed E-state index contributed by atoms with van der Waals surface area (Å²) in [7, 11) is 0. The van der Waals surface area contributed by atoms with Crippen molar-refractivity contribution < 1.29 is 9.53 Å². The van der Waals surface area contributed by atoms with Crippen molar-refractivity contribution in [3.63, 3.8) is 0 Å². The Balaban J connectivity index is 1.87. The molecule has 2 N–H and O–H groups in total. The number of hydrogen-bond acceptors (Lipinski definition) is 4. The first-order valence-electron chi connectivity index (χ1n) is 5.63. The number of rotatable bonds is 1. The zero-order valence-electron chi connectivity index (χ0n) is 10.4. The van der Waals surface area contributed by atoms with E-state index in [4.69, 9.17) is 10.5 Å². The Hall–Kier alpha value is -1.72. The molecular formula is C11H18N4O2. The highest BCUT2D eigenvalue weighted by atomic mass is 16.6. The van der Waals surface area contributed by atoms with Crippen LogP contribution >= 0.6 is 0 Å². The number of imidazole rings is 1. The Morgan fingerprint density at radius 2 is 2.18 bits per heavy atom. The van der Waals surface area contributed by atoms with E-state index in [1.807, 2.05) is 31.5 Å². The highest BCUT2D eigenvalue weighted by Gasteiger charge is 2.35. The average molecular weight is 238 g/mol. The lowest BCUT2D eigenvalue weighted by atomic mass is 10.1. The zero-order chi connectivity index (χ0) is 12.6. The first kappa shape index (κ1) is 11.8. The van der Waals surface area contributed by atoms with Gasteiger partial charge in [-0.3, -0.25) is 0 Å². The van der Waals surface area contributed by atoms with E-state index in [1.54, 1.807) is 11.1 Å². The number of anilines is 1. The summed E-state index contributed by atoms with van der Waals surface area (Å²) in [6, 6.07) is 0.213. The molecule has 0 aliphatic carbocycles. The molecule has 1 aromatic rings. The van der Waals surface area contributed by atoms with Gasteiger partial charge in [0.1, 0.15) is 5.60 Å². The monoisotopic (exact) mass is 238 g/mol. The van der Waals surface area contributed by atoms with E-state index in [0.717, 1.165) is 0 Å². The summed E-state index contributed by atoms with van der Waals surface area (Å²) in [6.07, 6.45) is 3.21. The zero-order valence-corrected chi connectivity index (χ0v) is 10.4. The van der Waals surface area contributed by atoms with Crippen LogP contribution in [0.4, 0.5) is 10.7 Å². The Kier molecular flexibility index (Phi) is 2.73. The molecule has 17 heavy (non-hydrogen) atoms. The summed E-state index contributed by atoms with van der Waals surface area (Å²) in [5.41, 5.74) is 5.24. The SMILES string of the molecule is CC(C)(C)OC(=O)N1CC(n2ccnc2N)C1. The van der Waals surface area contributed by atoms with E-state index in [0.29, 0.717) is 19.0 Å².